The zero-order valence-electron chi connectivity index (χ0n) is 19.1. The second-order valence-electron chi connectivity index (χ2n) is 7.66. The predicted octanol–water partition coefficient (Wildman–Crippen LogP) is 6.86. The highest BCUT2D eigenvalue weighted by Gasteiger charge is 2.08. The summed E-state index contributed by atoms with van der Waals surface area (Å²) >= 11 is 0. The Morgan fingerprint density at radius 2 is 1.90 bits per heavy atom. The summed E-state index contributed by atoms with van der Waals surface area (Å²) in [7, 11) is 2.13. The molecule has 0 fully saturated rings. The van der Waals surface area contributed by atoms with Crippen molar-refractivity contribution in [3.63, 3.8) is 0 Å². The molecule has 3 heteroatoms. The molecule has 1 heterocycles. The molecule has 0 bridgehead atoms. The molecule has 2 rings (SSSR count). The first-order valence-electron chi connectivity index (χ1n) is 10.9. The Bertz CT molecular complexity index is 850. The molecule has 0 radical (unpaired) electrons. The van der Waals surface area contributed by atoms with Gasteiger partial charge in [0.2, 0.25) is 5.88 Å². The molecule has 0 aliphatic rings. The van der Waals surface area contributed by atoms with Crippen LogP contribution in [0.25, 0.3) is 5.57 Å². The number of hydrogen-bond donors (Lipinski definition) is 0. The summed E-state index contributed by atoms with van der Waals surface area (Å²) < 4.78 is 5.85. The van der Waals surface area contributed by atoms with Gasteiger partial charge in [0.25, 0.3) is 0 Å². The number of likely N-dealkylation sites (N-methyl/N-ethyl adjacent to an activating group) is 1. The number of nitrogens with zero attached hydrogens (tertiary/aromatic N) is 2. The molecule has 0 N–H and O–H groups in total. The van der Waals surface area contributed by atoms with Gasteiger partial charge in [0, 0.05) is 31.6 Å². The van der Waals surface area contributed by atoms with E-state index in [0.717, 1.165) is 19.4 Å². The van der Waals surface area contributed by atoms with Crippen LogP contribution in [0, 0.1) is 0 Å². The van der Waals surface area contributed by atoms with E-state index in [1.165, 1.54) is 22.4 Å². The van der Waals surface area contributed by atoms with Crippen molar-refractivity contribution in [1.82, 2.24) is 9.88 Å². The molecule has 0 saturated carbocycles. The summed E-state index contributed by atoms with van der Waals surface area (Å²) in [5, 5.41) is 0. The van der Waals surface area contributed by atoms with Gasteiger partial charge in [-0.15, -0.1) is 0 Å². The topological polar surface area (TPSA) is 25.4 Å². The van der Waals surface area contributed by atoms with Crippen LogP contribution in [0.1, 0.15) is 57.6 Å². The van der Waals surface area contributed by atoms with Crippen LogP contribution in [0.15, 0.2) is 78.7 Å². The summed E-state index contributed by atoms with van der Waals surface area (Å²) in [6.45, 7) is 10.2. The fraction of sp³-hybridized carbons (Fsp3) is 0.370. The van der Waals surface area contributed by atoms with Crippen molar-refractivity contribution in [3.8, 4) is 5.88 Å². The van der Waals surface area contributed by atoms with Crippen LogP contribution < -0.4 is 4.74 Å². The molecule has 30 heavy (non-hydrogen) atoms. The average Bonchev–Trinajstić information content (AvgIpc) is 2.77. The van der Waals surface area contributed by atoms with Crippen molar-refractivity contribution < 1.29 is 4.74 Å². The fourth-order valence-corrected chi connectivity index (χ4v) is 3.37. The smallest absolute Gasteiger partial charge is 0.213 e. The van der Waals surface area contributed by atoms with Crippen LogP contribution in [-0.4, -0.2) is 30.1 Å². The first-order chi connectivity index (χ1) is 14.6. The Hall–Kier alpha value is -2.81. The number of aromatic nitrogens is 1. The van der Waals surface area contributed by atoms with Crippen molar-refractivity contribution >= 4 is 5.57 Å². The van der Waals surface area contributed by atoms with E-state index in [1.807, 2.05) is 18.2 Å². The van der Waals surface area contributed by atoms with Gasteiger partial charge in [-0.05, 0) is 48.4 Å². The molecule has 0 spiro atoms. The Morgan fingerprint density at radius 1 is 1.13 bits per heavy atom. The predicted molar refractivity (Wildman–Crippen MR) is 129 cm³/mol. The Morgan fingerprint density at radius 3 is 2.57 bits per heavy atom. The Balaban J connectivity index is 1.94. The van der Waals surface area contributed by atoms with Gasteiger partial charge in [-0.1, -0.05) is 75.4 Å². The van der Waals surface area contributed by atoms with Crippen molar-refractivity contribution in [2.45, 2.75) is 46.5 Å². The van der Waals surface area contributed by atoms with Crippen LogP contribution in [0.4, 0.5) is 0 Å². The lowest BCUT2D eigenvalue weighted by Gasteiger charge is -2.22. The van der Waals surface area contributed by atoms with E-state index in [2.05, 4.69) is 93.2 Å². The van der Waals surface area contributed by atoms with Crippen molar-refractivity contribution in [2.75, 3.05) is 20.2 Å². The molecule has 0 unspecified atom stereocenters. The normalized spacial score (nSPS) is 12.6. The number of rotatable bonds is 11. The van der Waals surface area contributed by atoms with E-state index in [-0.39, 0.29) is 0 Å². The van der Waals surface area contributed by atoms with Gasteiger partial charge in [0.15, 0.2) is 0 Å². The quantitative estimate of drug-likeness (QED) is 0.383. The van der Waals surface area contributed by atoms with Crippen molar-refractivity contribution in [3.05, 3.63) is 89.8 Å². The molecule has 2 aromatic rings. The highest BCUT2D eigenvalue weighted by atomic mass is 16.5. The van der Waals surface area contributed by atoms with E-state index in [9.17, 15) is 0 Å². The number of allylic oxidation sites excluding steroid dienone is 4. The Labute approximate surface area is 182 Å². The van der Waals surface area contributed by atoms with Gasteiger partial charge < -0.3 is 9.64 Å². The molecule has 0 aliphatic heterocycles. The van der Waals surface area contributed by atoms with Gasteiger partial charge >= 0.3 is 0 Å². The minimum Gasteiger partial charge on any atom is -0.471 e. The molecule has 1 aromatic carbocycles. The largest absolute Gasteiger partial charge is 0.471 e. The van der Waals surface area contributed by atoms with Crippen LogP contribution >= 0.6 is 0 Å². The summed E-state index contributed by atoms with van der Waals surface area (Å²) in [6.07, 6.45) is 12.7. The maximum Gasteiger partial charge on any atom is 0.213 e. The lowest BCUT2D eigenvalue weighted by Crippen LogP contribution is -2.23. The highest BCUT2D eigenvalue weighted by Crippen LogP contribution is 2.26. The average molecular weight is 405 g/mol. The van der Waals surface area contributed by atoms with Crippen molar-refractivity contribution in [1.29, 1.82) is 0 Å². The molecular weight excluding hydrogens is 368 g/mol. The summed E-state index contributed by atoms with van der Waals surface area (Å²) in [4.78, 5) is 6.51. The molecular formula is C27H36N2O. The van der Waals surface area contributed by atoms with E-state index in [0.29, 0.717) is 18.4 Å². The molecule has 0 amide bonds. The molecule has 3 nitrogen and oxygen atoms in total. The van der Waals surface area contributed by atoms with E-state index in [1.54, 1.807) is 6.20 Å². The summed E-state index contributed by atoms with van der Waals surface area (Å²) in [5.74, 6) is 1.17. The summed E-state index contributed by atoms with van der Waals surface area (Å²) in [6, 6.07) is 14.4. The minimum absolute atomic E-state index is 0.511. The zero-order valence-corrected chi connectivity index (χ0v) is 19.1. The number of hydrogen-bond acceptors (Lipinski definition) is 3. The molecule has 0 atom stereocenters. The molecule has 0 saturated heterocycles. The highest BCUT2D eigenvalue weighted by molar-refractivity contribution is 5.76. The summed E-state index contributed by atoms with van der Waals surface area (Å²) in [5.41, 5.74) is 5.19. The number of ether oxygens (including phenoxy) is 1. The fourth-order valence-electron chi connectivity index (χ4n) is 3.37. The Kier molecular flexibility index (Phi) is 9.93. The third-order valence-corrected chi connectivity index (χ3v) is 5.07. The second kappa shape index (κ2) is 12.7. The third-order valence-electron chi connectivity index (χ3n) is 5.07. The zero-order chi connectivity index (χ0) is 21.8. The van der Waals surface area contributed by atoms with Gasteiger partial charge in [-0.3, -0.25) is 0 Å². The van der Waals surface area contributed by atoms with E-state index < -0.39 is 0 Å². The monoisotopic (exact) mass is 404 g/mol. The third kappa shape index (κ3) is 7.22. The van der Waals surface area contributed by atoms with Crippen LogP contribution in [0.2, 0.25) is 0 Å². The molecule has 0 aliphatic carbocycles. The number of benzene rings is 1. The minimum atomic E-state index is 0.511. The van der Waals surface area contributed by atoms with Crippen molar-refractivity contribution in [2.24, 2.45) is 0 Å². The second-order valence-corrected chi connectivity index (χ2v) is 7.66. The van der Waals surface area contributed by atoms with Crippen LogP contribution in [-0.2, 0) is 0 Å². The van der Waals surface area contributed by atoms with Gasteiger partial charge in [0.05, 0.1) is 0 Å². The SMILES string of the molecule is C/C=C(\C=C\CCN(C)/C(=C\CC)COc1ccccn1)c1ccccc1C(C)C. The first-order valence-corrected chi connectivity index (χ1v) is 10.9. The molecule has 1 aromatic heterocycles. The lowest BCUT2D eigenvalue weighted by molar-refractivity contribution is 0.284. The van der Waals surface area contributed by atoms with Gasteiger partial charge in [-0.25, -0.2) is 4.98 Å². The van der Waals surface area contributed by atoms with Crippen LogP contribution in [0.5, 0.6) is 5.88 Å². The first kappa shape index (κ1) is 23.5. The standard InChI is InChI=1S/C27H36N2O/c1-6-14-24(21-30-27-18-10-12-19-28-27)29(5)20-13-11-15-23(7-2)26-17-9-8-16-25(26)22(3)4/h7-12,14-19,22H,6,13,20-21H2,1-5H3/b15-11+,23-7+,24-14-. The maximum atomic E-state index is 5.85. The number of pyridine rings is 1. The molecule has 160 valence electrons. The van der Waals surface area contributed by atoms with Gasteiger partial charge in [0.1, 0.15) is 6.61 Å². The van der Waals surface area contributed by atoms with E-state index >= 15 is 0 Å². The van der Waals surface area contributed by atoms with Crippen LogP contribution in [0.3, 0.4) is 0 Å². The lowest BCUT2D eigenvalue weighted by atomic mass is 9.92. The van der Waals surface area contributed by atoms with Gasteiger partial charge in [-0.2, -0.15) is 0 Å². The maximum absolute atomic E-state index is 5.85. The van der Waals surface area contributed by atoms with E-state index in [4.69, 9.17) is 4.74 Å².